The summed E-state index contributed by atoms with van der Waals surface area (Å²) in [6.07, 6.45) is 0.810. The van der Waals surface area contributed by atoms with Crippen molar-refractivity contribution < 1.29 is 0 Å². The second-order valence-corrected chi connectivity index (χ2v) is 5.16. The molecule has 1 atom stereocenters. The highest BCUT2D eigenvalue weighted by Gasteiger charge is 2.12. The van der Waals surface area contributed by atoms with Gasteiger partial charge in [-0.1, -0.05) is 59.6 Å². The van der Waals surface area contributed by atoms with Gasteiger partial charge in [0.15, 0.2) is 0 Å². The molecule has 0 amide bonds. The smallest absolute Gasteiger partial charge is 0.0483 e. The number of halogens is 1. The Bertz CT molecular complexity index is 549. The number of rotatable bonds is 3. The first-order chi connectivity index (χ1) is 8.58. The van der Waals surface area contributed by atoms with Crippen LogP contribution in [0.15, 0.2) is 42.5 Å². The molecule has 0 aliphatic carbocycles. The van der Waals surface area contributed by atoms with Crippen molar-refractivity contribution in [1.29, 1.82) is 0 Å². The van der Waals surface area contributed by atoms with E-state index in [1.807, 2.05) is 25.1 Å². The van der Waals surface area contributed by atoms with Crippen LogP contribution in [-0.2, 0) is 6.42 Å². The molecule has 0 heterocycles. The molecule has 0 fully saturated rings. The highest BCUT2D eigenvalue weighted by Crippen LogP contribution is 2.27. The summed E-state index contributed by atoms with van der Waals surface area (Å²) in [5.41, 5.74) is 10.9. The van der Waals surface area contributed by atoms with Gasteiger partial charge in [0.25, 0.3) is 0 Å². The fourth-order valence-electron chi connectivity index (χ4n) is 2.16. The zero-order valence-corrected chi connectivity index (χ0v) is 11.5. The van der Waals surface area contributed by atoms with Crippen molar-refractivity contribution in [3.05, 3.63) is 69.7 Å². The zero-order chi connectivity index (χ0) is 13.1. The summed E-state index contributed by atoms with van der Waals surface area (Å²) in [5, 5.41) is 0.789. The number of hydrogen-bond acceptors (Lipinski definition) is 1. The molecule has 0 spiro atoms. The highest BCUT2D eigenvalue weighted by molar-refractivity contribution is 6.32. The molecule has 2 aromatic carbocycles. The molecular weight excluding hydrogens is 242 g/mol. The molecule has 0 radical (unpaired) electrons. The van der Waals surface area contributed by atoms with E-state index in [4.69, 9.17) is 17.3 Å². The standard InChI is InChI=1S/C16H18ClN/c1-11-5-3-7-13(9-11)10-15(18)14-8-4-6-12(2)16(14)17/h3-9,15H,10,18H2,1-2H3. The molecule has 2 heteroatoms. The van der Waals surface area contributed by atoms with Crippen LogP contribution >= 0.6 is 11.6 Å². The van der Waals surface area contributed by atoms with Crippen molar-refractivity contribution in [3.63, 3.8) is 0 Å². The van der Waals surface area contributed by atoms with Gasteiger partial charge < -0.3 is 5.73 Å². The van der Waals surface area contributed by atoms with Crippen molar-refractivity contribution in [2.24, 2.45) is 5.73 Å². The van der Waals surface area contributed by atoms with E-state index in [-0.39, 0.29) is 6.04 Å². The van der Waals surface area contributed by atoms with Gasteiger partial charge in [-0.25, -0.2) is 0 Å². The van der Waals surface area contributed by atoms with Gasteiger partial charge in [-0.05, 0) is 37.0 Å². The number of aryl methyl sites for hydroxylation is 2. The molecule has 0 bridgehead atoms. The van der Waals surface area contributed by atoms with Crippen LogP contribution in [0.5, 0.6) is 0 Å². The van der Waals surface area contributed by atoms with Gasteiger partial charge in [-0.2, -0.15) is 0 Å². The van der Waals surface area contributed by atoms with Crippen molar-refractivity contribution in [3.8, 4) is 0 Å². The lowest BCUT2D eigenvalue weighted by Crippen LogP contribution is -2.14. The first kappa shape index (κ1) is 13.1. The van der Waals surface area contributed by atoms with Crippen LogP contribution in [0.1, 0.15) is 28.3 Å². The third-order valence-corrected chi connectivity index (χ3v) is 3.68. The number of hydrogen-bond donors (Lipinski definition) is 1. The Kier molecular flexibility index (Phi) is 4.05. The van der Waals surface area contributed by atoms with Crippen LogP contribution in [-0.4, -0.2) is 0 Å². The van der Waals surface area contributed by atoms with E-state index in [1.165, 1.54) is 11.1 Å². The Morgan fingerprint density at radius 3 is 2.56 bits per heavy atom. The van der Waals surface area contributed by atoms with E-state index in [2.05, 4.69) is 31.2 Å². The molecule has 0 saturated heterocycles. The third-order valence-electron chi connectivity index (χ3n) is 3.16. The second-order valence-electron chi connectivity index (χ2n) is 4.78. The molecule has 0 aromatic heterocycles. The lowest BCUT2D eigenvalue weighted by molar-refractivity contribution is 0.721. The lowest BCUT2D eigenvalue weighted by Gasteiger charge is -2.15. The van der Waals surface area contributed by atoms with Crippen LogP contribution in [0.25, 0.3) is 0 Å². The van der Waals surface area contributed by atoms with Gasteiger partial charge in [-0.15, -0.1) is 0 Å². The van der Waals surface area contributed by atoms with Gasteiger partial charge in [0.2, 0.25) is 0 Å². The molecule has 0 aliphatic rings. The van der Waals surface area contributed by atoms with Crippen molar-refractivity contribution in [2.75, 3.05) is 0 Å². The Labute approximate surface area is 114 Å². The Balaban J connectivity index is 2.22. The molecule has 1 nitrogen and oxygen atoms in total. The largest absolute Gasteiger partial charge is 0.324 e. The highest BCUT2D eigenvalue weighted by atomic mass is 35.5. The Morgan fingerprint density at radius 1 is 1.11 bits per heavy atom. The minimum atomic E-state index is -0.0563. The van der Waals surface area contributed by atoms with Gasteiger partial charge in [0.05, 0.1) is 0 Å². The summed E-state index contributed by atoms with van der Waals surface area (Å²) >= 11 is 6.31. The minimum Gasteiger partial charge on any atom is -0.324 e. The summed E-state index contributed by atoms with van der Waals surface area (Å²) in [6, 6.07) is 14.4. The predicted molar refractivity (Wildman–Crippen MR) is 78.0 cm³/mol. The quantitative estimate of drug-likeness (QED) is 0.878. The maximum atomic E-state index is 6.31. The van der Waals surface area contributed by atoms with Crippen molar-refractivity contribution in [1.82, 2.24) is 0 Å². The van der Waals surface area contributed by atoms with Crippen LogP contribution in [0.2, 0.25) is 5.02 Å². The summed E-state index contributed by atoms with van der Waals surface area (Å²) in [7, 11) is 0. The molecule has 1 unspecified atom stereocenters. The second kappa shape index (κ2) is 5.55. The topological polar surface area (TPSA) is 26.0 Å². The molecule has 2 rings (SSSR count). The molecule has 0 aliphatic heterocycles. The molecule has 94 valence electrons. The maximum absolute atomic E-state index is 6.31. The lowest BCUT2D eigenvalue weighted by atomic mass is 9.97. The van der Waals surface area contributed by atoms with E-state index in [0.717, 1.165) is 22.6 Å². The summed E-state index contributed by atoms with van der Waals surface area (Å²) in [5.74, 6) is 0. The van der Waals surface area contributed by atoms with Crippen LogP contribution in [0.4, 0.5) is 0 Å². The normalized spacial score (nSPS) is 12.4. The van der Waals surface area contributed by atoms with Gasteiger partial charge >= 0.3 is 0 Å². The summed E-state index contributed by atoms with van der Waals surface area (Å²) < 4.78 is 0. The molecule has 2 N–H and O–H groups in total. The van der Waals surface area contributed by atoms with E-state index >= 15 is 0 Å². The number of nitrogens with two attached hydrogens (primary N) is 1. The van der Waals surface area contributed by atoms with Gasteiger partial charge in [0, 0.05) is 11.1 Å². The average Bonchev–Trinajstić information content (AvgIpc) is 2.32. The van der Waals surface area contributed by atoms with E-state index in [0.29, 0.717) is 0 Å². The fourth-order valence-corrected chi connectivity index (χ4v) is 2.43. The Morgan fingerprint density at radius 2 is 1.83 bits per heavy atom. The summed E-state index contributed by atoms with van der Waals surface area (Å²) in [4.78, 5) is 0. The summed E-state index contributed by atoms with van der Waals surface area (Å²) in [6.45, 7) is 4.10. The molecule has 0 saturated carbocycles. The maximum Gasteiger partial charge on any atom is 0.0483 e. The third kappa shape index (κ3) is 2.92. The van der Waals surface area contributed by atoms with Crippen molar-refractivity contribution in [2.45, 2.75) is 26.3 Å². The van der Waals surface area contributed by atoms with Gasteiger partial charge in [-0.3, -0.25) is 0 Å². The van der Waals surface area contributed by atoms with E-state index in [1.54, 1.807) is 0 Å². The fraction of sp³-hybridized carbons (Fsp3) is 0.250. The first-order valence-electron chi connectivity index (χ1n) is 6.14. The SMILES string of the molecule is Cc1cccc(CC(N)c2cccc(C)c2Cl)c1. The minimum absolute atomic E-state index is 0.0563. The first-order valence-corrected chi connectivity index (χ1v) is 6.52. The van der Waals surface area contributed by atoms with Crippen LogP contribution < -0.4 is 5.73 Å². The zero-order valence-electron chi connectivity index (χ0n) is 10.8. The average molecular weight is 260 g/mol. The number of benzene rings is 2. The van der Waals surface area contributed by atoms with Crippen LogP contribution in [0.3, 0.4) is 0 Å². The monoisotopic (exact) mass is 259 g/mol. The molecular formula is C16H18ClN. The van der Waals surface area contributed by atoms with E-state index in [9.17, 15) is 0 Å². The van der Waals surface area contributed by atoms with Crippen LogP contribution in [0, 0.1) is 13.8 Å². The molecule has 18 heavy (non-hydrogen) atoms. The van der Waals surface area contributed by atoms with Crippen molar-refractivity contribution >= 4 is 11.6 Å². The molecule has 2 aromatic rings. The van der Waals surface area contributed by atoms with Gasteiger partial charge in [0.1, 0.15) is 0 Å². The van der Waals surface area contributed by atoms with E-state index < -0.39 is 0 Å². The Hall–Kier alpha value is -1.31. The predicted octanol–water partition coefficient (Wildman–Crippen LogP) is 4.20.